The Hall–Kier alpha value is 1.60. The summed E-state index contributed by atoms with van der Waals surface area (Å²) in [5.74, 6) is 0. The van der Waals surface area contributed by atoms with E-state index in [1.54, 1.807) is 0 Å². The van der Waals surface area contributed by atoms with Crippen LogP contribution < -0.4 is 56.7 Å². The van der Waals surface area contributed by atoms with Gasteiger partial charge in [-0.25, -0.2) is 0 Å². The van der Waals surface area contributed by atoms with E-state index in [1.165, 1.54) is 25.9 Å². The normalized spacial score (nSPS) is 30.0. The standard InChI is InChI=1S/C6H10N.K/c1-2-6(3-1)4-7-5-6;/h1,7H,2-5H2;/q-1;+1. The second kappa shape index (κ2) is 2.68. The van der Waals surface area contributed by atoms with Gasteiger partial charge >= 0.3 is 51.4 Å². The van der Waals surface area contributed by atoms with Gasteiger partial charge in [0.25, 0.3) is 0 Å². The minimum Gasteiger partial charge on any atom is -0.327 e. The molecule has 0 unspecified atom stereocenters. The quantitative estimate of drug-likeness (QED) is 0.288. The average Bonchev–Trinajstić information content (AvgIpc) is 1.20. The van der Waals surface area contributed by atoms with Gasteiger partial charge in [0.2, 0.25) is 0 Å². The zero-order chi connectivity index (χ0) is 4.74. The smallest absolute Gasteiger partial charge is 0.327 e. The average molecular weight is 135 g/mol. The van der Waals surface area contributed by atoms with Gasteiger partial charge in [-0.3, -0.25) is 0 Å². The van der Waals surface area contributed by atoms with Crippen LogP contribution in [0.2, 0.25) is 0 Å². The minimum absolute atomic E-state index is 0. The van der Waals surface area contributed by atoms with E-state index in [1.807, 2.05) is 0 Å². The fourth-order valence-corrected chi connectivity index (χ4v) is 1.32. The number of nitrogens with one attached hydrogen (secondary N) is 1. The van der Waals surface area contributed by atoms with E-state index in [2.05, 4.69) is 11.7 Å². The molecule has 1 aliphatic carbocycles. The van der Waals surface area contributed by atoms with Gasteiger partial charge in [-0.2, -0.15) is 12.8 Å². The fourth-order valence-electron chi connectivity index (χ4n) is 1.32. The Morgan fingerprint density at radius 3 is 1.88 bits per heavy atom. The summed E-state index contributed by atoms with van der Waals surface area (Å²) in [5, 5.41) is 3.28. The van der Waals surface area contributed by atoms with Crippen LogP contribution in [0.4, 0.5) is 0 Å². The van der Waals surface area contributed by atoms with Crippen LogP contribution in [0.5, 0.6) is 0 Å². The molecule has 40 valence electrons. The monoisotopic (exact) mass is 135 g/mol. The third kappa shape index (κ3) is 1.07. The molecule has 1 saturated carbocycles. The Balaban J connectivity index is 0.000000320. The van der Waals surface area contributed by atoms with Crippen LogP contribution in [0.3, 0.4) is 0 Å². The summed E-state index contributed by atoms with van der Waals surface area (Å²) in [7, 11) is 0. The van der Waals surface area contributed by atoms with Gasteiger partial charge in [0.1, 0.15) is 0 Å². The van der Waals surface area contributed by atoms with Crippen molar-refractivity contribution in [3.8, 4) is 0 Å². The topological polar surface area (TPSA) is 12.0 Å². The van der Waals surface area contributed by atoms with E-state index < -0.39 is 0 Å². The molecule has 0 aromatic rings. The van der Waals surface area contributed by atoms with Crippen molar-refractivity contribution < 1.29 is 51.4 Å². The van der Waals surface area contributed by atoms with Crippen molar-refractivity contribution in [3.05, 3.63) is 6.42 Å². The van der Waals surface area contributed by atoms with Gasteiger partial charge in [-0.05, 0) is 13.1 Å². The number of hydrogen-bond acceptors (Lipinski definition) is 1. The Morgan fingerprint density at radius 2 is 1.88 bits per heavy atom. The van der Waals surface area contributed by atoms with Crippen LogP contribution >= 0.6 is 0 Å². The maximum absolute atomic E-state index is 3.28. The van der Waals surface area contributed by atoms with Crippen molar-refractivity contribution in [2.45, 2.75) is 12.8 Å². The molecule has 1 N–H and O–H groups in total. The Morgan fingerprint density at radius 1 is 1.25 bits per heavy atom. The number of hydrogen-bond donors (Lipinski definition) is 1. The zero-order valence-electron chi connectivity index (χ0n) is 5.41. The van der Waals surface area contributed by atoms with Crippen molar-refractivity contribution >= 4 is 0 Å². The van der Waals surface area contributed by atoms with Crippen molar-refractivity contribution in [1.29, 1.82) is 0 Å². The first-order valence-electron chi connectivity index (χ1n) is 2.94. The maximum atomic E-state index is 3.28. The molecule has 0 aromatic carbocycles. The molecule has 0 radical (unpaired) electrons. The van der Waals surface area contributed by atoms with Gasteiger partial charge in [0, 0.05) is 0 Å². The third-order valence-corrected chi connectivity index (χ3v) is 2.15. The molecule has 1 aliphatic heterocycles. The molecule has 1 nitrogen and oxygen atoms in total. The predicted octanol–water partition coefficient (Wildman–Crippen LogP) is -2.42. The zero-order valence-corrected chi connectivity index (χ0v) is 8.53. The molecule has 0 amide bonds. The predicted molar refractivity (Wildman–Crippen MR) is 28.8 cm³/mol. The summed E-state index contributed by atoms with van der Waals surface area (Å²) in [5.41, 5.74) is 0.778. The molecule has 2 fully saturated rings. The van der Waals surface area contributed by atoms with Gasteiger partial charge < -0.3 is 11.7 Å². The van der Waals surface area contributed by atoms with Gasteiger partial charge in [0.15, 0.2) is 0 Å². The molecule has 1 heterocycles. The number of rotatable bonds is 0. The summed E-state index contributed by atoms with van der Waals surface area (Å²) in [4.78, 5) is 0. The Bertz CT molecular complexity index is 69.0. The van der Waals surface area contributed by atoms with Crippen molar-refractivity contribution in [1.82, 2.24) is 5.32 Å². The molecule has 1 saturated heterocycles. The Kier molecular flexibility index (Phi) is 2.58. The maximum Gasteiger partial charge on any atom is 1.00 e. The molecule has 1 spiro atoms. The van der Waals surface area contributed by atoms with E-state index in [-0.39, 0.29) is 51.4 Å². The van der Waals surface area contributed by atoms with Gasteiger partial charge in [-0.1, -0.05) is 5.41 Å². The minimum atomic E-state index is 0. The molecule has 2 rings (SSSR count). The summed E-state index contributed by atoms with van der Waals surface area (Å²) in [6.45, 7) is 2.56. The second-order valence-corrected chi connectivity index (χ2v) is 2.80. The van der Waals surface area contributed by atoms with E-state index >= 15 is 0 Å². The van der Waals surface area contributed by atoms with Crippen LogP contribution in [0.25, 0.3) is 0 Å². The molecule has 0 atom stereocenters. The fraction of sp³-hybridized carbons (Fsp3) is 0.833. The summed E-state index contributed by atoms with van der Waals surface area (Å²) in [6, 6.07) is 0. The van der Waals surface area contributed by atoms with Gasteiger partial charge in [0.05, 0.1) is 0 Å². The summed E-state index contributed by atoms with van der Waals surface area (Å²) in [6.07, 6.45) is 5.13. The van der Waals surface area contributed by atoms with Crippen LogP contribution in [0.15, 0.2) is 0 Å². The van der Waals surface area contributed by atoms with Crippen molar-refractivity contribution in [2.24, 2.45) is 5.41 Å². The second-order valence-electron chi connectivity index (χ2n) is 2.80. The van der Waals surface area contributed by atoms with Crippen molar-refractivity contribution in [3.63, 3.8) is 0 Å². The first-order valence-corrected chi connectivity index (χ1v) is 2.94. The van der Waals surface area contributed by atoms with E-state index in [0.717, 1.165) is 5.41 Å². The van der Waals surface area contributed by atoms with Crippen LogP contribution in [0, 0.1) is 11.8 Å². The molecule has 0 bridgehead atoms. The first kappa shape index (κ1) is 7.70. The molecular formula is C6H10KN. The molecule has 0 aromatic heterocycles. The SMILES string of the molecule is [CH-]1CC2(C1)CNC2.[K+]. The van der Waals surface area contributed by atoms with E-state index in [9.17, 15) is 0 Å². The van der Waals surface area contributed by atoms with E-state index in [4.69, 9.17) is 0 Å². The van der Waals surface area contributed by atoms with Crippen molar-refractivity contribution in [2.75, 3.05) is 13.1 Å². The largest absolute Gasteiger partial charge is 1.00 e. The molecular weight excluding hydrogens is 125 g/mol. The van der Waals surface area contributed by atoms with Crippen LogP contribution in [0.1, 0.15) is 12.8 Å². The summed E-state index contributed by atoms with van der Waals surface area (Å²) < 4.78 is 0. The first-order chi connectivity index (χ1) is 3.41. The third-order valence-electron chi connectivity index (χ3n) is 2.15. The molecule has 8 heavy (non-hydrogen) atoms. The van der Waals surface area contributed by atoms with Crippen LogP contribution in [-0.2, 0) is 0 Å². The molecule has 2 aliphatic rings. The molecule has 2 heteroatoms. The van der Waals surface area contributed by atoms with E-state index in [0.29, 0.717) is 0 Å². The van der Waals surface area contributed by atoms with Crippen LogP contribution in [-0.4, -0.2) is 13.1 Å². The Labute approximate surface area is 93.0 Å². The summed E-state index contributed by atoms with van der Waals surface area (Å²) >= 11 is 0. The van der Waals surface area contributed by atoms with Gasteiger partial charge in [-0.15, -0.1) is 0 Å².